The van der Waals surface area contributed by atoms with Crippen LogP contribution >= 0.6 is 0 Å². The molecule has 8 heteroatoms. The topological polar surface area (TPSA) is 104 Å². The summed E-state index contributed by atoms with van der Waals surface area (Å²) < 4.78 is 26.8. The van der Waals surface area contributed by atoms with Crippen molar-refractivity contribution in [3.8, 4) is 0 Å². The molecule has 0 fully saturated rings. The van der Waals surface area contributed by atoms with E-state index < -0.39 is 15.9 Å². The van der Waals surface area contributed by atoms with Gasteiger partial charge in [0.25, 0.3) is 15.9 Å². The number of H-pyrrole nitrogens is 1. The van der Waals surface area contributed by atoms with E-state index in [2.05, 4.69) is 26.8 Å². The van der Waals surface area contributed by atoms with Crippen molar-refractivity contribution >= 4 is 27.7 Å². The van der Waals surface area contributed by atoms with Crippen LogP contribution < -0.4 is 10.0 Å². The molecular weight excluding hydrogens is 292 g/mol. The van der Waals surface area contributed by atoms with Gasteiger partial charge in [-0.3, -0.25) is 14.6 Å². The van der Waals surface area contributed by atoms with Crippen LogP contribution in [0, 0.1) is 0 Å². The number of amides is 1. The zero-order valence-electron chi connectivity index (χ0n) is 11.3. The van der Waals surface area contributed by atoms with Crippen LogP contribution in [0.15, 0.2) is 41.9 Å². The Morgan fingerprint density at radius 2 is 2.00 bits per heavy atom. The standard InChI is InChI=1S/C13H14N4O3S/c1-3-9-4-6-10(7-5-9)21(19,20)17-11-8-15-16-12(11)13(18)14-2/h3-8,17H,1H2,2H3,(H,14,18)(H,15,16). The number of aromatic amines is 1. The van der Waals surface area contributed by atoms with Crippen LogP contribution in [0.25, 0.3) is 6.08 Å². The molecule has 0 saturated carbocycles. The number of nitrogens with one attached hydrogen (secondary N) is 3. The van der Waals surface area contributed by atoms with Crippen LogP contribution in [0.3, 0.4) is 0 Å². The molecule has 2 rings (SSSR count). The van der Waals surface area contributed by atoms with Crippen molar-refractivity contribution in [3.63, 3.8) is 0 Å². The van der Waals surface area contributed by atoms with Crippen molar-refractivity contribution < 1.29 is 13.2 Å². The van der Waals surface area contributed by atoms with Gasteiger partial charge in [0.15, 0.2) is 5.69 Å². The third kappa shape index (κ3) is 3.11. The summed E-state index contributed by atoms with van der Waals surface area (Å²) in [5.41, 5.74) is 0.870. The monoisotopic (exact) mass is 306 g/mol. The molecule has 0 aliphatic carbocycles. The number of benzene rings is 1. The zero-order chi connectivity index (χ0) is 15.5. The number of sulfonamides is 1. The van der Waals surface area contributed by atoms with E-state index in [-0.39, 0.29) is 16.3 Å². The Balaban J connectivity index is 2.31. The third-order valence-electron chi connectivity index (χ3n) is 2.75. The average Bonchev–Trinajstić information content (AvgIpc) is 2.94. The molecule has 0 saturated heterocycles. The molecule has 1 heterocycles. The minimum Gasteiger partial charge on any atom is -0.354 e. The molecule has 0 atom stereocenters. The van der Waals surface area contributed by atoms with Gasteiger partial charge in [0.1, 0.15) is 0 Å². The van der Waals surface area contributed by atoms with E-state index in [4.69, 9.17) is 0 Å². The maximum Gasteiger partial charge on any atom is 0.273 e. The molecule has 3 N–H and O–H groups in total. The second-order valence-corrected chi connectivity index (χ2v) is 5.79. The summed E-state index contributed by atoms with van der Waals surface area (Å²) in [4.78, 5) is 11.6. The highest BCUT2D eigenvalue weighted by molar-refractivity contribution is 7.92. The van der Waals surface area contributed by atoms with Gasteiger partial charge in [-0.25, -0.2) is 8.42 Å². The van der Waals surface area contributed by atoms with E-state index >= 15 is 0 Å². The predicted molar refractivity (Wildman–Crippen MR) is 79.3 cm³/mol. The highest BCUT2D eigenvalue weighted by atomic mass is 32.2. The number of hydrogen-bond donors (Lipinski definition) is 3. The molecule has 1 aromatic heterocycles. The molecule has 0 spiro atoms. The van der Waals surface area contributed by atoms with Crippen molar-refractivity contribution in [1.82, 2.24) is 15.5 Å². The summed E-state index contributed by atoms with van der Waals surface area (Å²) in [6.07, 6.45) is 2.92. The van der Waals surface area contributed by atoms with Crippen molar-refractivity contribution in [2.45, 2.75) is 4.90 Å². The fourth-order valence-corrected chi connectivity index (χ4v) is 2.70. The number of anilines is 1. The minimum absolute atomic E-state index is 0.0243. The second kappa shape index (κ2) is 5.80. The molecule has 21 heavy (non-hydrogen) atoms. The highest BCUT2D eigenvalue weighted by Crippen LogP contribution is 2.18. The van der Waals surface area contributed by atoms with Crippen LogP contribution in [0.2, 0.25) is 0 Å². The second-order valence-electron chi connectivity index (χ2n) is 4.11. The van der Waals surface area contributed by atoms with Gasteiger partial charge in [-0.05, 0) is 17.7 Å². The Kier molecular flexibility index (Phi) is 4.08. The molecule has 0 unspecified atom stereocenters. The lowest BCUT2D eigenvalue weighted by Gasteiger charge is -2.07. The van der Waals surface area contributed by atoms with Crippen molar-refractivity contribution in [2.24, 2.45) is 0 Å². The Morgan fingerprint density at radius 1 is 1.33 bits per heavy atom. The first-order valence-corrected chi connectivity index (χ1v) is 7.47. The molecule has 0 aliphatic heterocycles. The van der Waals surface area contributed by atoms with Gasteiger partial charge in [-0.1, -0.05) is 24.8 Å². The van der Waals surface area contributed by atoms with Gasteiger partial charge < -0.3 is 5.32 Å². The lowest BCUT2D eigenvalue weighted by molar-refractivity contribution is 0.0959. The number of nitrogens with zero attached hydrogens (tertiary/aromatic N) is 1. The average molecular weight is 306 g/mol. The van der Waals surface area contributed by atoms with Crippen LogP contribution in [-0.2, 0) is 10.0 Å². The fraction of sp³-hybridized carbons (Fsp3) is 0.0769. The third-order valence-corrected chi connectivity index (χ3v) is 4.13. The van der Waals surface area contributed by atoms with E-state index in [1.165, 1.54) is 25.4 Å². The molecular formula is C13H14N4O3S. The molecule has 110 valence electrons. The molecule has 1 amide bonds. The number of aromatic nitrogens is 2. The first-order chi connectivity index (χ1) is 9.97. The first-order valence-electron chi connectivity index (χ1n) is 5.99. The lowest BCUT2D eigenvalue weighted by atomic mass is 10.2. The van der Waals surface area contributed by atoms with Crippen LogP contribution in [-0.4, -0.2) is 31.6 Å². The summed E-state index contributed by atoms with van der Waals surface area (Å²) >= 11 is 0. The van der Waals surface area contributed by atoms with Crippen molar-refractivity contribution in [2.75, 3.05) is 11.8 Å². The molecule has 7 nitrogen and oxygen atoms in total. The van der Waals surface area contributed by atoms with E-state index in [9.17, 15) is 13.2 Å². The number of rotatable bonds is 5. The molecule has 1 aromatic carbocycles. The number of carbonyl (C=O) groups is 1. The van der Waals surface area contributed by atoms with Crippen LogP contribution in [0.5, 0.6) is 0 Å². The number of hydrogen-bond acceptors (Lipinski definition) is 4. The predicted octanol–water partition coefficient (Wildman–Crippen LogP) is 1.21. The van der Waals surface area contributed by atoms with Gasteiger partial charge >= 0.3 is 0 Å². The molecule has 2 aromatic rings. The normalized spacial score (nSPS) is 10.9. The molecule has 0 aliphatic rings. The number of carbonyl (C=O) groups excluding carboxylic acids is 1. The van der Waals surface area contributed by atoms with E-state index in [0.717, 1.165) is 5.56 Å². The molecule has 0 radical (unpaired) electrons. The lowest BCUT2D eigenvalue weighted by Crippen LogP contribution is -2.21. The fourth-order valence-electron chi connectivity index (χ4n) is 1.65. The Labute approximate surface area is 122 Å². The highest BCUT2D eigenvalue weighted by Gasteiger charge is 2.20. The Bertz CT molecular complexity index is 763. The van der Waals surface area contributed by atoms with Gasteiger partial charge in [0.2, 0.25) is 0 Å². The maximum atomic E-state index is 12.3. The largest absolute Gasteiger partial charge is 0.354 e. The van der Waals surface area contributed by atoms with Gasteiger partial charge in [-0.2, -0.15) is 5.10 Å². The summed E-state index contributed by atoms with van der Waals surface area (Å²) in [5.74, 6) is -0.490. The minimum atomic E-state index is -3.80. The van der Waals surface area contributed by atoms with Crippen molar-refractivity contribution in [1.29, 1.82) is 0 Å². The first kappa shape index (κ1) is 14.8. The van der Waals surface area contributed by atoms with Gasteiger partial charge in [0, 0.05) is 13.2 Å². The van der Waals surface area contributed by atoms with E-state index in [0.29, 0.717) is 0 Å². The SMILES string of the molecule is C=Cc1ccc(S(=O)(=O)Nc2c[nH]nc2C(=O)NC)cc1. The van der Waals surface area contributed by atoms with Gasteiger partial charge in [0.05, 0.1) is 10.6 Å². The summed E-state index contributed by atoms with van der Waals surface area (Å²) in [6.45, 7) is 3.60. The summed E-state index contributed by atoms with van der Waals surface area (Å²) in [6, 6.07) is 6.19. The van der Waals surface area contributed by atoms with Gasteiger partial charge in [-0.15, -0.1) is 0 Å². The van der Waals surface area contributed by atoms with E-state index in [1.54, 1.807) is 18.2 Å². The summed E-state index contributed by atoms with van der Waals surface area (Å²) in [5, 5.41) is 8.55. The van der Waals surface area contributed by atoms with E-state index in [1.807, 2.05) is 0 Å². The Hall–Kier alpha value is -2.61. The zero-order valence-corrected chi connectivity index (χ0v) is 12.1. The molecule has 0 bridgehead atoms. The Morgan fingerprint density at radius 3 is 2.57 bits per heavy atom. The smallest absolute Gasteiger partial charge is 0.273 e. The maximum absolute atomic E-state index is 12.3. The van der Waals surface area contributed by atoms with Crippen molar-refractivity contribution in [3.05, 3.63) is 48.3 Å². The van der Waals surface area contributed by atoms with Crippen LogP contribution in [0.1, 0.15) is 16.1 Å². The summed E-state index contributed by atoms with van der Waals surface area (Å²) in [7, 11) is -2.36. The quantitative estimate of drug-likeness (QED) is 0.772. The van der Waals surface area contributed by atoms with Crippen LogP contribution in [0.4, 0.5) is 5.69 Å².